The van der Waals surface area contributed by atoms with E-state index < -0.39 is 0 Å². The molecule has 0 spiro atoms. The number of furan rings is 1. The lowest BCUT2D eigenvalue weighted by molar-refractivity contribution is -0.133. The first-order valence-electron chi connectivity index (χ1n) is 13.6. The summed E-state index contributed by atoms with van der Waals surface area (Å²) in [6.45, 7) is 5.58. The molecule has 7 nitrogen and oxygen atoms in total. The van der Waals surface area contributed by atoms with Gasteiger partial charge in [-0.25, -0.2) is 0 Å². The maximum atomic E-state index is 13.6. The van der Waals surface area contributed by atoms with Crippen LogP contribution in [0.3, 0.4) is 0 Å². The fourth-order valence-electron chi connectivity index (χ4n) is 4.62. The fraction of sp³-hybridized carbons (Fsp3) is 0.419. The lowest BCUT2D eigenvalue weighted by atomic mass is 10.0. The zero-order valence-corrected chi connectivity index (χ0v) is 22.5. The van der Waals surface area contributed by atoms with Gasteiger partial charge in [0, 0.05) is 18.7 Å². The lowest BCUT2D eigenvalue weighted by Gasteiger charge is -2.27. The van der Waals surface area contributed by atoms with Crippen molar-refractivity contribution in [3.8, 4) is 11.5 Å². The van der Waals surface area contributed by atoms with Gasteiger partial charge in [0.25, 0.3) is 5.91 Å². The summed E-state index contributed by atoms with van der Waals surface area (Å²) in [7, 11) is 0. The molecule has 0 N–H and O–H groups in total. The first kappa shape index (κ1) is 27.3. The van der Waals surface area contributed by atoms with Crippen molar-refractivity contribution in [3.05, 3.63) is 83.3 Å². The van der Waals surface area contributed by atoms with Crippen molar-refractivity contribution in [2.24, 2.45) is 0 Å². The first-order chi connectivity index (χ1) is 18.6. The minimum Gasteiger partial charge on any atom is -0.467 e. The van der Waals surface area contributed by atoms with Crippen LogP contribution in [0.15, 0.2) is 65.3 Å². The maximum absolute atomic E-state index is 13.6. The minimum absolute atomic E-state index is 0.00327. The average Bonchev–Trinajstić information content (AvgIpc) is 3.62. The van der Waals surface area contributed by atoms with E-state index in [-0.39, 0.29) is 25.2 Å². The Bertz CT molecular complexity index is 1170. The molecular formula is C31H38N2O5. The van der Waals surface area contributed by atoms with Crippen molar-refractivity contribution >= 4 is 11.8 Å². The van der Waals surface area contributed by atoms with Gasteiger partial charge in [-0.15, -0.1) is 0 Å². The summed E-state index contributed by atoms with van der Waals surface area (Å²) in [5.74, 6) is 1.78. The van der Waals surface area contributed by atoms with Crippen molar-refractivity contribution in [2.75, 3.05) is 19.9 Å². The standard InChI is InChI=1S/C31H38N2O5/c1-3-5-6-7-9-24-11-14-26(15-12-24)31(35)32(17-4-2)22-30(34)33(21-27-10-8-18-36-27)20-25-13-16-28-29(19-25)38-23-37-28/h8,10-16,18-19H,3-7,9,17,20-23H2,1-2H3. The highest BCUT2D eigenvalue weighted by Crippen LogP contribution is 2.33. The van der Waals surface area contributed by atoms with Crippen LogP contribution < -0.4 is 9.47 Å². The molecule has 0 bridgehead atoms. The molecule has 3 aromatic rings. The highest BCUT2D eigenvalue weighted by Gasteiger charge is 2.24. The second-order valence-corrected chi connectivity index (χ2v) is 9.75. The summed E-state index contributed by atoms with van der Waals surface area (Å²) >= 11 is 0. The van der Waals surface area contributed by atoms with E-state index in [0.717, 1.165) is 24.8 Å². The maximum Gasteiger partial charge on any atom is 0.254 e. The zero-order valence-electron chi connectivity index (χ0n) is 22.5. The van der Waals surface area contributed by atoms with E-state index in [0.29, 0.717) is 42.5 Å². The average molecular weight is 519 g/mol. The number of hydrogen-bond donors (Lipinski definition) is 0. The van der Waals surface area contributed by atoms with Gasteiger partial charge in [0.05, 0.1) is 12.8 Å². The molecule has 7 heteroatoms. The predicted octanol–water partition coefficient (Wildman–Crippen LogP) is 6.21. The Balaban J connectivity index is 1.44. The van der Waals surface area contributed by atoms with E-state index in [2.05, 4.69) is 6.92 Å². The van der Waals surface area contributed by atoms with Crippen LogP contribution in [-0.2, 0) is 24.3 Å². The van der Waals surface area contributed by atoms with Crippen molar-refractivity contribution in [2.45, 2.75) is 65.5 Å². The molecule has 2 aromatic carbocycles. The van der Waals surface area contributed by atoms with Gasteiger partial charge in [0.1, 0.15) is 12.3 Å². The monoisotopic (exact) mass is 518 g/mol. The van der Waals surface area contributed by atoms with Gasteiger partial charge in [0.15, 0.2) is 11.5 Å². The molecule has 38 heavy (non-hydrogen) atoms. The van der Waals surface area contributed by atoms with Crippen LogP contribution in [0.1, 0.15) is 73.2 Å². The number of carbonyl (C=O) groups excluding carboxylic acids is 2. The number of unbranched alkanes of at least 4 members (excludes halogenated alkanes) is 3. The highest BCUT2D eigenvalue weighted by molar-refractivity contribution is 5.96. The molecule has 202 valence electrons. The van der Waals surface area contributed by atoms with Crippen LogP contribution in [0.4, 0.5) is 0 Å². The van der Waals surface area contributed by atoms with E-state index >= 15 is 0 Å². The summed E-state index contributed by atoms with van der Waals surface area (Å²) in [5.41, 5.74) is 2.76. The van der Waals surface area contributed by atoms with Crippen molar-refractivity contribution < 1.29 is 23.5 Å². The van der Waals surface area contributed by atoms with Crippen LogP contribution in [0.25, 0.3) is 0 Å². The van der Waals surface area contributed by atoms with Crippen LogP contribution in [0.5, 0.6) is 11.5 Å². The fourth-order valence-corrected chi connectivity index (χ4v) is 4.62. The van der Waals surface area contributed by atoms with E-state index in [4.69, 9.17) is 13.9 Å². The van der Waals surface area contributed by atoms with Crippen molar-refractivity contribution in [1.29, 1.82) is 0 Å². The number of ether oxygens (including phenoxy) is 2. The molecule has 0 radical (unpaired) electrons. The Kier molecular flexibility index (Phi) is 9.84. The number of nitrogens with zero attached hydrogens (tertiary/aromatic N) is 2. The smallest absolute Gasteiger partial charge is 0.254 e. The van der Waals surface area contributed by atoms with E-state index in [1.165, 1.54) is 24.8 Å². The normalized spacial score (nSPS) is 11.9. The highest BCUT2D eigenvalue weighted by atomic mass is 16.7. The SMILES string of the molecule is CCCCCCc1ccc(C(=O)N(CCC)CC(=O)N(Cc2ccc3c(c2)OCO3)Cc2ccco2)cc1. The Morgan fingerprint density at radius 1 is 0.816 bits per heavy atom. The third-order valence-corrected chi connectivity index (χ3v) is 6.72. The first-order valence-corrected chi connectivity index (χ1v) is 13.6. The van der Waals surface area contributed by atoms with E-state index in [1.54, 1.807) is 22.1 Å². The summed E-state index contributed by atoms with van der Waals surface area (Å²) in [6.07, 6.45) is 8.23. The number of hydrogen-bond acceptors (Lipinski definition) is 5. The molecule has 0 unspecified atom stereocenters. The van der Waals surface area contributed by atoms with E-state index in [9.17, 15) is 9.59 Å². The number of amides is 2. The molecule has 0 saturated carbocycles. The largest absolute Gasteiger partial charge is 0.467 e. The summed E-state index contributed by atoms with van der Waals surface area (Å²) in [5, 5.41) is 0. The van der Waals surface area contributed by atoms with Crippen LogP contribution >= 0.6 is 0 Å². The Hall–Kier alpha value is -3.74. The number of rotatable bonds is 14. The third-order valence-electron chi connectivity index (χ3n) is 6.72. The molecule has 0 fully saturated rings. The third kappa shape index (κ3) is 7.40. The quantitative estimate of drug-likeness (QED) is 0.237. The summed E-state index contributed by atoms with van der Waals surface area (Å²) < 4.78 is 16.4. The van der Waals surface area contributed by atoms with Gasteiger partial charge in [-0.1, -0.05) is 51.3 Å². The van der Waals surface area contributed by atoms with Gasteiger partial charge >= 0.3 is 0 Å². The predicted molar refractivity (Wildman–Crippen MR) is 146 cm³/mol. The molecule has 1 aliphatic heterocycles. The number of aryl methyl sites for hydroxylation is 1. The summed E-state index contributed by atoms with van der Waals surface area (Å²) in [6, 6.07) is 17.2. The summed E-state index contributed by atoms with van der Waals surface area (Å²) in [4.78, 5) is 30.4. The molecule has 1 aromatic heterocycles. The van der Waals surface area contributed by atoms with Gasteiger partial charge in [-0.2, -0.15) is 0 Å². The van der Waals surface area contributed by atoms with Gasteiger partial charge in [-0.05, 0) is 66.8 Å². The zero-order chi connectivity index (χ0) is 26.7. The number of benzene rings is 2. The topological polar surface area (TPSA) is 72.2 Å². The van der Waals surface area contributed by atoms with Crippen LogP contribution in [0, 0.1) is 0 Å². The number of fused-ring (bicyclic) bond motifs is 1. The second kappa shape index (κ2) is 13.7. The van der Waals surface area contributed by atoms with E-state index in [1.807, 2.05) is 55.5 Å². The van der Waals surface area contributed by atoms with Gasteiger partial charge < -0.3 is 23.7 Å². The molecule has 2 amide bonds. The van der Waals surface area contributed by atoms with Crippen LogP contribution in [-0.4, -0.2) is 41.5 Å². The molecule has 1 aliphatic rings. The molecule has 0 atom stereocenters. The van der Waals surface area contributed by atoms with Crippen LogP contribution in [0.2, 0.25) is 0 Å². The second-order valence-electron chi connectivity index (χ2n) is 9.75. The minimum atomic E-state index is -0.145. The van der Waals surface area contributed by atoms with Gasteiger partial charge in [0.2, 0.25) is 12.7 Å². The molecule has 0 aliphatic carbocycles. The van der Waals surface area contributed by atoms with Crippen molar-refractivity contribution in [1.82, 2.24) is 9.80 Å². The van der Waals surface area contributed by atoms with Gasteiger partial charge in [-0.3, -0.25) is 9.59 Å². The Morgan fingerprint density at radius 3 is 2.34 bits per heavy atom. The molecule has 2 heterocycles. The number of carbonyl (C=O) groups is 2. The molecule has 0 saturated heterocycles. The van der Waals surface area contributed by atoms with Crippen molar-refractivity contribution in [3.63, 3.8) is 0 Å². The Morgan fingerprint density at radius 2 is 1.61 bits per heavy atom. The Labute approximate surface area is 225 Å². The molecule has 4 rings (SSSR count). The lowest BCUT2D eigenvalue weighted by Crippen LogP contribution is -2.42. The molecular weight excluding hydrogens is 480 g/mol.